The molecule has 0 radical (unpaired) electrons. The summed E-state index contributed by atoms with van der Waals surface area (Å²) in [5.41, 5.74) is 6.34. The zero-order valence-corrected chi connectivity index (χ0v) is 10.6. The molecule has 1 aliphatic rings. The number of carbonyl (C=O) groups excluding carboxylic acids is 1. The maximum Gasteiger partial charge on any atom is 0.219 e. The third-order valence-electron chi connectivity index (χ3n) is 4.17. The molecule has 0 unspecified atom stereocenters. The van der Waals surface area contributed by atoms with Crippen LogP contribution in [0.4, 0.5) is 0 Å². The van der Waals surface area contributed by atoms with Crippen LogP contribution < -0.4 is 5.73 Å². The van der Waals surface area contributed by atoms with Crippen molar-refractivity contribution in [3.8, 4) is 0 Å². The van der Waals surface area contributed by atoms with Crippen molar-refractivity contribution in [2.45, 2.75) is 40.7 Å². The molecule has 0 aromatic carbocycles. The van der Waals surface area contributed by atoms with Crippen molar-refractivity contribution >= 4 is 5.91 Å². The molecule has 1 aliphatic heterocycles. The quantitative estimate of drug-likeness (QED) is 0.753. The standard InChI is InChI=1S/C12H24N2O/c1-8(2)12(9(3)4)7-14(10(5)15)6-11(12)13/h8-9,11H,6-7,13H2,1-5H3/t11-/m1/s1. The van der Waals surface area contributed by atoms with Crippen LogP contribution in [0.2, 0.25) is 0 Å². The Morgan fingerprint density at radius 2 is 1.80 bits per heavy atom. The van der Waals surface area contributed by atoms with Gasteiger partial charge in [-0.2, -0.15) is 0 Å². The van der Waals surface area contributed by atoms with Gasteiger partial charge in [-0.15, -0.1) is 0 Å². The first-order valence-electron chi connectivity index (χ1n) is 5.83. The van der Waals surface area contributed by atoms with Crippen LogP contribution in [0.25, 0.3) is 0 Å². The van der Waals surface area contributed by atoms with Gasteiger partial charge in [-0.05, 0) is 11.8 Å². The van der Waals surface area contributed by atoms with Gasteiger partial charge in [0.2, 0.25) is 5.91 Å². The normalized spacial score (nSPS) is 25.3. The van der Waals surface area contributed by atoms with Crippen LogP contribution in [0.1, 0.15) is 34.6 Å². The molecular formula is C12H24N2O. The van der Waals surface area contributed by atoms with Crippen LogP contribution in [0.3, 0.4) is 0 Å². The molecular weight excluding hydrogens is 188 g/mol. The Labute approximate surface area is 93.0 Å². The summed E-state index contributed by atoms with van der Waals surface area (Å²) in [6, 6.07) is 0.112. The third kappa shape index (κ3) is 1.89. The molecule has 1 atom stereocenters. The largest absolute Gasteiger partial charge is 0.341 e. The second-order valence-corrected chi connectivity index (χ2v) is 5.43. The molecule has 15 heavy (non-hydrogen) atoms. The van der Waals surface area contributed by atoms with Gasteiger partial charge in [0.1, 0.15) is 0 Å². The van der Waals surface area contributed by atoms with Crippen LogP contribution in [0, 0.1) is 17.3 Å². The summed E-state index contributed by atoms with van der Waals surface area (Å²) in [5.74, 6) is 1.17. The lowest BCUT2D eigenvalue weighted by Crippen LogP contribution is -2.48. The number of likely N-dealkylation sites (tertiary alicyclic amines) is 1. The van der Waals surface area contributed by atoms with E-state index in [1.165, 1.54) is 0 Å². The average Bonchev–Trinajstić information content (AvgIpc) is 2.43. The molecule has 1 saturated heterocycles. The Morgan fingerprint density at radius 1 is 1.33 bits per heavy atom. The number of amides is 1. The highest BCUT2D eigenvalue weighted by molar-refractivity contribution is 5.73. The SMILES string of the molecule is CC(=O)N1C[C@@H](N)C(C(C)C)(C(C)C)C1. The fraction of sp³-hybridized carbons (Fsp3) is 0.917. The molecule has 0 aliphatic carbocycles. The number of nitrogens with zero attached hydrogens (tertiary/aromatic N) is 1. The van der Waals surface area contributed by atoms with Crippen molar-refractivity contribution < 1.29 is 4.79 Å². The summed E-state index contributed by atoms with van der Waals surface area (Å²) in [6.07, 6.45) is 0. The van der Waals surface area contributed by atoms with E-state index in [2.05, 4.69) is 27.7 Å². The summed E-state index contributed by atoms with van der Waals surface area (Å²) in [5, 5.41) is 0. The summed E-state index contributed by atoms with van der Waals surface area (Å²) >= 11 is 0. The van der Waals surface area contributed by atoms with E-state index in [-0.39, 0.29) is 17.4 Å². The maximum atomic E-state index is 11.4. The Kier molecular flexibility index (Phi) is 3.44. The molecule has 0 spiro atoms. The summed E-state index contributed by atoms with van der Waals surface area (Å²) in [6.45, 7) is 12.0. The molecule has 1 amide bonds. The Balaban J connectivity index is 2.96. The number of hydrogen-bond acceptors (Lipinski definition) is 2. The molecule has 0 aromatic heterocycles. The monoisotopic (exact) mass is 212 g/mol. The van der Waals surface area contributed by atoms with Gasteiger partial charge in [0.15, 0.2) is 0 Å². The van der Waals surface area contributed by atoms with E-state index >= 15 is 0 Å². The Bertz CT molecular complexity index is 240. The average molecular weight is 212 g/mol. The smallest absolute Gasteiger partial charge is 0.219 e. The van der Waals surface area contributed by atoms with Crippen LogP contribution in [0.15, 0.2) is 0 Å². The lowest BCUT2D eigenvalue weighted by Gasteiger charge is -2.40. The van der Waals surface area contributed by atoms with Crippen LogP contribution in [-0.4, -0.2) is 29.9 Å². The molecule has 1 rings (SSSR count). The fourth-order valence-electron chi connectivity index (χ4n) is 3.05. The van der Waals surface area contributed by atoms with E-state index < -0.39 is 0 Å². The molecule has 3 nitrogen and oxygen atoms in total. The number of nitrogens with two attached hydrogens (primary N) is 1. The first-order chi connectivity index (χ1) is 6.82. The van der Waals surface area contributed by atoms with E-state index in [1.807, 2.05) is 4.90 Å². The van der Waals surface area contributed by atoms with E-state index in [4.69, 9.17) is 5.73 Å². The number of rotatable bonds is 2. The number of hydrogen-bond donors (Lipinski definition) is 1. The van der Waals surface area contributed by atoms with Gasteiger partial charge in [-0.3, -0.25) is 4.79 Å². The van der Waals surface area contributed by atoms with E-state index in [1.54, 1.807) is 6.92 Å². The number of carbonyl (C=O) groups is 1. The van der Waals surface area contributed by atoms with Crippen molar-refractivity contribution in [1.82, 2.24) is 4.90 Å². The van der Waals surface area contributed by atoms with E-state index in [0.29, 0.717) is 18.4 Å². The summed E-state index contributed by atoms with van der Waals surface area (Å²) < 4.78 is 0. The summed E-state index contributed by atoms with van der Waals surface area (Å²) in [7, 11) is 0. The van der Waals surface area contributed by atoms with Crippen LogP contribution in [0.5, 0.6) is 0 Å². The van der Waals surface area contributed by atoms with Crippen molar-refractivity contribution in [3.63, 3.8) is 0 Å². The lowest BCUT2D eigenvalue weighted by molar-refractivity contribution is -0.128. The second-order valence-electron chi connectivity index (χ2n) is 5.43. The van der Waals surface area contributed by atoms with Crippen molar-refractivity contribution in [3.05, 3.63) is 0 Å². The molecule has 0 saturated carbocycles. The highest BCUT2D eigenvalue weighted by Crippen LogP contribution is 2.43. The van der Waals surface area contributed by atoms with Gasteiger partial charge in [0.05, 0.1) is 0 Å². The minimum Gasteiger partial charge on any atom is -0.341 e. The third-order valence-corrected chi connectivity index (χ3v) is 4.17. The highest BCUT2D eigenvalue weighted by Gasteiger charge is 2.49. The molecule has 0 aromatic rings. The lowest BCUT2D eigenvalue weighted by atomic mass is 9.66. The van der Waals surface area contributed by atoms with Crippen molar-refractivity contribution in [1.29, 1.82) is 0 Å². The molecule has 2 N–H and O–H groups in total. The second kappa shape index (κ2) is 4.12. The van der Waals surface area contributed by atoms with Gasteiger partial charge in [0.25, 0.3) is 0 Å². The zero-order valence-electron chi connectivity index (χ0n) is 10.6. The van der Waals surface area contributed by atoms with Crippen LogP contribution >= 0.6 is 0 Å². The Morgan fingerprint density at radius 3 is 2.00 bits per heavy atom. The van der Waals surface area contributed by atoms with Crippen LogP contribution in [-0.2, 0) is 4.79 Å². The predicted octanol–water partition coefficient (Wildman–Crippen LogP) is 1.47. The maximum absolute atomic E-state index is 11.4. The predicted molar refractivity (Wildman–Crippen MR) is 62.3 cm³/mol. The molecule has 1 heterocycles. The van der Waals surface area contributed by atoms with Gasteiger partial charge in [-0.1, -0.05) is 27.7 Å². The molecule has 0 bridgehead atoms. The van der Waals surface area contributed by atoms with Gasteiger partial charge < -0.3 is 10.6 Å². The molecule has 1 fully saturated rings. The van der Waals surface area contributed by atoms with E-state index in [9.17, 15) is 4.79 Å². The highest BCUT2D eigenvalue weighted by atomic mass is 16.2. The van der Waals surface area contributed by atoms with Crippen molar-refractivity contribution in [2.75, 3.05) is 13.1 Å². The fourth-order valence-corrected chi connectivity index (χ4v) is 3.05. The van der Waals surface area contributed by atoms with Gasteiger partial charge >= 0.3 is 0 Å². The Hall–Kier alpha value is -0.570. The first kappa shape index (κ1) is 12.5. The minimum absolute atomic E-state index is 0.0890. The van der Waals surface area contributed by atoms with Gasteiger partial charge in [-0.25, -0.2) is 0 Å². The van der Waals surface area contributed by atoms with E-state index in [0.717, 1.165) is 6.54 Å². The van der Waals surface area contributed by atoms with Gasteiger partial charge in [0, 0.05) is 31.5 Å². The molecule has 3 heteroatoms. The zero-order chi connectivity index (χ0) is 11.8. The first-order valence-corrected chi connectivity index (χ1v) is 5.83. The minimum atomic E-state index is 0.0890. The van der Waals surface area contributed by atoms with Crippen molar-refractivity contribution in [2.24, 2.45) is 23.0 Å². The topological polar surface area (TPSA) is 46.3 Å². The molecule has 88 valence electrons. The summed E-state index contributed by atoms with van der Waals surface area (Å²) in [4.78, 5) is 13.3.